The van der Waals surface area contributed by atoms with Crippen molar-refractivity contribution in [2.45, 2.75) is 26.4 Å². The van der Waals surface area contributed by atoms with Crippen LogP contribution in [0.2, 0.25) is 0 Å². The first kappa shape index (κ1) is 24.6. The molecule has 2 aliphatic heterocycles. The zero-order chi connectivity index (χ0) is 22.9. The Morgan fingerprint density at radius 1 is 1.00 bits per heavy atom. The Morgan fingerprint density at radius 2 is 1.69 bits per heavy atom. The van der Waals surface area contributed by atoms with E-state index in [1.165, 1.54) is 18.7 Å². The lowest BCUT2D eigenvalue weighted by molar-refractivity contribution is 0.106. The molecule has 0 spiro atoms. The van der Waals surface area contributed by atoms with Gasteiger partial charge in [-0.3, -0.25) is 14.8 Å². The number of nitrogens with zero attached hydrogens (tertiary/aromatic N) is 5. The van der Waals surface area contributed by atoms with E-state index in [-0.39, 0.29) is 0 Å². The normalized spacial score (nSPS) is 20.3. The van der Waals surface area contributed by atoms with Gasteiger partial charge < -0.3 is 24.6 Å². The molecule has 2 heterocycles. The number of rotatable bonds is 8. The highest BCUT2D eigenvalue weighted by Gasteiger charge is 2.23. The minimum absolute atomic E-state index is 0.507. The summed E-state index contributed by atoms with van der Waals surface area (Å²) in [5, 5.41) is 3.62. The number of piperazine rings is 2. The summed E-state index contributed by atoms with van der Waals surface area (Å²) in [7, 11) is 5.32. The van der Waals surface area contributed by atoms with Crippen molar-refractivity contribution < 1.29 is 9.47 Å². The van der Waals surface area contributed by atoms with Gasteiger partial charge in [0.25, 0.3) is 0 Å². The van der Waals surface area contributed by atoms with Gasteiger partial charge in [-0.1, -0.05) is 6.92 Å². The maximum Gasteiger partial charge on any atom is 0.193 e. The molecule has 0 amide bonds. The summed E-state index contributed by atoms with van der Waals surface area (Å²) < 4.78 is 10.9. The van der Waals surface area contributed by atoms with E-state index in [0.29, 0.717) is 6.04 Å². The molecule has 1 aromatic rings. The van der Waals surface area contributed by atoms with Crippen molar-refractivity contribution in [3.63, 3.8) is 0 Å². The minimum Gasteiger partial charge on any atom is -0.497 e. The number of nitrogens with one attached hydrogen (secondary N) is 1. The van der Waals surface area contributed by atoms with Crippen molar-refractivity contribution in [3.8, 4) is 11.5 Å². The zero-order valence-electron chi connectivity index (χ0n) is 20.6. The summed E-state index contributed by atoms with van der Waals surface area (Å²) in [5.41, 5.74) is 1.17. The summed E-state index contributed by atoms with van der Waals surface area (Å²) in [4.78, 5) is 14.5. The van der Waals surface area contributed by atoms with Crippen molar-refractivity contribution in [1.82, 2.24) is 24.9 Å². The van der Waals surface area contributed by atoms with Crippen LogP contribution in [0.5, 0.6) is 11.5 Å². The van der Waals surface area contributed by atoms with Crippen molar-refractivity contribution in [1.29, 1.82) is 0 Å². The van der Waals surface area contributed by atoms with Crippen LogP contribution in [0.4, 0.5) is 0 Å². The van der Waals surface area contributed by atoms with Crippen LogP contribution >= 0.6 is 0 Å². The lowest BCUT2D eigenvalue weighted by atomic mass is 10.1. The highest BCUT2D eigenvalue weighted by Crippen LogP contribution is 2.25. The summed E-state index contributed by atoms with van der Waals surface area (Å²) in [5.74, 6) is 2.80. The molecule has 180 valence electrons. The van der Waals surface area contributed by atoms with E-state index in [9.17, 15) is 0 Å². The zero-order valence-corrected chi connectivity index (χ0v) is 20.6. The molecule has 3 rings (SSSR count). The van der Waals surface area contributed by atoms with Crippen LogP contribution in [0.1, 0.15) is 19.4 Å². The van der Waals surface area contributed by atoms with Gasteiger partial charge in [0.05, 0.1) is 14.2 Å². The Labute approximate surface area is 194 Å². The average molecular weight is 447 g/mol. The van der Waals surface area contributed by atoms with Crippen LogP contribution in [0, 0.1) is 0 Å². The van der Waals surface area contributed by atoms with Crippen molar-refractivity contribution in [2.24, 2.45) is 4.99 Å². The first-order valence-corrected chi connectivity index (χ1v) is 11.9. The van der Waals surface area contributed by atoms with Gasteiger partial charge in [-0.2, -0.15) is 0 Å². The first-order chi connectivity index (χ1) is 15.6. The number of hydrogen-bond donors (Lipinski definition) is 1. The van der Waals surface area contributed by atoms with Gasteiger partial charge in [0.1, 0.15) is 11.5 Å². The van der Waals surface area contributed by atoms with Crippen LogP contribution in [0.15, 0.2) is 23.2 Å². The van der Waals surface area contributed by atoms with Crippen LogP contribution in [0.25, 0.3) is 0 Å². The van der Waals surface area contributed by atoms with Crippen molar-refractivity contribution >= 4 is 5.96 Å². The molecular weight excluding hydrogens is 404 g/mol. The Bertz CT molecular complexity index is 727. The molecule has 2 fully saturated rings. The fourth-order valence-electron chi connectivity index (χ4n) is 4.58. The predicted octanol–water partition coefficient (Wildman–Crippen LogP) is 1.42. The predicted molar refractivity (Wildman–Crippen MR) is 131 cm³/mol. The molecule has 0 saturated carbocycles. The number of aliphatic imine (C=N–C) groups is 1. The van der Waals surface area contributed by atoms with E-state index in [0.717, 1.165) is 76.4 Å². The molecule has 8 heteroatoms. The second-order valence-corrected chi connectivity index (χ2v) is 8.69. The molecule has 1 atom stereocenters. The maximum absolute atomic E-state index is 5.55. The number of methoxy groups -OCH3 is 2. The second-order valence-electron chi connectivity index (χ2n) is 8.69. The molecule has 1 unspecified atom stereocenters. The molecule has 0 aliphatic carbocycles. The quantitative estimate of drug-likeness (QED) is 0.479. The SMILES string of the molecule is CCN1CCN(C(C)CNC(=NC)N2CCN(Cc3cc(OC)ccc3OC)CC2)CC1. The van der Waals surface area contributed by atoms with Gasteiger partial charge in [-0.05, 0) is 31.7 Å². The summed E-state index contributed by atoms with van der Waals surface area (Å²) in [6.07, 6.45) is 0. The third kappa shape index (κ3) is 6.49. The molecule has 1 aromatic carbocycles. The molecule has 1 N–H and O–H groups in total. The maximum atomic E-state index is 5.55. The Kier molecular flexibility index (Phi) is 9.44. The van der Waals surface area contributed by atoms with E-state index < -0.39 is 0 Å². The summed E-state index contributed by atoms with van der Waals surface area (Å²) in [6.45, 7) is 16.1. The Balaban J connectivity index is 1.45. The van der Waals surface area contributed by atoms with Crippen molar-refractivity contribution in [2.75, 3.05) is 86.7 Å². The smallest absolute Gasteiger partial charge is 0.193 e. The van der Waals surface area contributed by atoms with Gasteiger partial charge in [-0.25, -0.2) is 0 Å². The molecule has 2 saturated heterocycles. The first-order valence-electron chi connectivity index (χ1n) is 11.9. The van der Waals surface area contributed by atoms with Gasteiger partial charge in [0.15, 0.2) is 5.96 Å². The highest BCUT2D eigenvalue weighted by molar-refractivity contribution is 5.80. The van der Waals surface area contributed by atoms with E-state index in [4.69, 9.17) is 9.47 Å². The molecule has 0 aromatic heterocycles. The Morgan fingerprint density at radius 3 is 2.28 bits per heavy atom. The third-order valence-corrected chi connectivity index (χ3v) is 6.80. The van der Waals surface area contributed by atoms with E-state index >= 15 is 0 Å². The van der Waals surface area contributed by atoms with Crippen LogP contribution in [-0.4, -0.2) is 118 Å². The van der Waals surface area contributed by atoms with Gasteiger partial charge in [0.2, 0.25) is 0 Å². The summed E-state index contributed by atoms with van der Waals surface area (Å²) >= 11 is 0. The molecule has 32 heavy (non-hydrogen) atoms. The van der Waals surface area contributed by atoms with Gasteiger partial charge >= 0.3 is 0 Å². The number of guanidine groups is 1. The van der Waals surface area contributed by atoms with Crippen LogP contribution < -0.4 is 14.8 Å². The molecule has 0 bridgehead atoms. The largest absolute Gasteiger partial charge is 0.497 e. The standard InChI is InChI=1S/C24H42N6O2/c1-6-27-9-13-29(14-10-27)20(2)18-26-24(25-3)30-15-11-28(12-16-30)19-21-17-22(31-4)7-8-23(21)32-5/h7-8,17,20H,6,9-16,18-19H2,1-5H3,(H,25,26). The topological polar surface area (TPSA) is 55.8 Å². The highest BCUT2D eigenvalue weighted by atomic mass is 16.5. The number of benzene rings is 1. The lowest BCUT2D eigenvalue weighted by Crippen LogP contribution is -2.55. The van der Waals surface area contributed by atoms with Crippen LogP contribution in [-0.2, 0) is 6.54 Å². The molecule has 8 nitrogen and oxygen atoms in total. The van der Waals surface area contributed by atoms with Gasteiger partial charge in [-0.15, -0.1) is 0 Å². The minimum atomic E-state index is 0.507. The molecular formula is C24H42N6O2. The summed E-state index contributed by atoms with van der Waals surface area (Å²) in [6, 6.07) is 6.51. The fourth-order valence-corrected chi connectivity index (χ4v) is 4.58. The lowest BCUT2D eigenvalue weighted by Gasteiger charge is -2.39. The second kappa shape index (κ2) is 12.3. The average Bonchev–Trinajstić information content (AvgIpc) is 2.85. The monoisotopic (exact) mass is 446 g/mol. The van der Waals surface area contributed by atoms with E-state index in [1.54, 1.807) is 14.2 Å². The molecule has 0 radical (unpaired) electrons. The van der Waals surface area contributed by atoms with E-state index in [2.05, 4.69) is 49.8 Å². The van der Waals surface area contributed by atoms with Gasteiger partial charge in [0, 0.05) is 84.1 Å². The third-order valence-electron chi connectivity index (χ3n) is 6.80. The number of ether oxygens (including phenoxy) is 2. The van der Waals surface area contributed by atoms with E-state index in [1.807, 2.05) is 19.2 Å². The van der Waals surface area contributed by atoms with Crippen LogP contribution in [0.3, 0.4) is 0 Å². The number of likely N-dealkylation sites (N-methyl/N-ethyl adjacent to an activating group) is 1. The van der Waals surface area contributed by atoms with Crippen molar-refractivity contribution in [3.05, 3.63) is 23.8 Å². The fraction of sp³-hybridized carbons (Fsp3) is 0.708. The Hall–Kier alpha value is -2.03. The number of hydrogen-bond acceptors (Lipinski definition) is 6. The molecule has 2 aliphatic rings.